The molecule has 0 aromatic rings. The lowest BCUT2D eigenvalue weighted by Gasteiger charge is -2.27. The van der Waals surface area contributed by atoms with Gasteiger partial charge in [0.2, 0.25) is 0 Å². The number of nitrogens with one attached hydrogen (secondary N) is 1. The Morgan fingerprint density at radius 2 is 1.79 bits per heavy atom. The van der Waals surface area contributed by atoms with Crippen molar-refractivity contribution in [1.29, 1.82) is 0 Å². The number of nitrogens with zero attached hydrogens (tertiary/aromatic N) is 1. The second-order valence-corrected chi connectivity index (χ2v) is 5.63. The Kier molecular flexibility index (Phi) is 6.38. The highest BCUT2D eigenvalue weighted by Crippen LogP contribution is 2.24. The second kappa shape index (κ2) is 6.41. The normalized spacial score (nSPS) is 14.8. The van der Waals surface area contributed by atoms with Crippen LogP contribution < -0.4 is 5.32 Å². The van der Waals surface area contributed by atoms with Crippen LogP contribution in [-0.2, 0) is 0 Å². The number of rotatable bonds is 6. The van der Waals surface area contributed by atoms with E-state index in [1.165, 1.54) is 13.0 Å². The molecule has 0 spiro atoms. The molecule has 0 aliphatic rings. The van der Waals surface area contributed by atoms with Crippen molar-refractivity contribution in [2.24, 2.45) is 11.3 Å². The maximum absolute atomic E-state index is 3.52. The van der Waals surface area contributed by atoms with Gasteiger partial charge in [-0.1, -0.05) is 27.7 Å². The lowest BCUT2D eigenvalue weighted by Crippen LogP contribution is -2.31. The largest absolute Gasteiger partial charge is 0.316 e. The molecule has 86 valence electrons. The molecule has 1 unspecified atom stereocenters. The highest BCUT2D eigenvalue weighted by molar-refractivity contribution is 4.71. The average molecular weight is 200 g/mol. The molecule has 2 heteroatoms. The zero-order chi connectivity index (χ0) is 11.2. The molecule has 0 heterocycles. The van der Waals surface area contributed by atoms with Gasteiger partial charge < -0.3 is 10.2 Å². The van der Waals surface area contributed by atoms with Crippen molar-refractivity contribution in [3.63, 3.8) is 0 Å². The van der Waals surface area contributed by atoms with Crippen LogP contribution in [0.3, 0.4) is 0 Å². The SMILES string of the molecule is CC(CNCCCN(C)C)C(C)(C)C. The fourth-order valence-electron chi connectivity index (χ4n) is 1.15. The third kappa shape index (κ3) is 7.34. The molecule has 0 saturated carbocycles. The van der Waals surface area contributed by atoms with Crippen molar-refractivity contribution in [2.75, 3.05) is 33.7 Å². The summed E-state index contributed by atoms with van der Waals surface area (Å²) in [5.41, 5.74) is 0.425. The molecule has 1 N–H and O–H groups in total. The topological polar surface area (TPSA) is 15.3 Å². The van der Waals surface area contributed by atoms with E-state index in [1.807, 2.05) is 0 Å². The van der Waals surface area contributed by atoms with Gasteiger partial charge in [0, 0.05) is 0 Å². The average Bonchev–Trinajstić information content (AvgIpc) is 2.01. The van der Waals surface area contributed by atoms with Gasteiger partial charge in [-0.2, -0.15) is 0 Å². The summed E-state index contributed by atoms with van der Waals surface area (Å²) in [6.45, 7) is 12.7. The molecule has 0 amide bonds. The van der Waals surface area contributed by atoms with Crippen LogP contribution in [0.1, 0.15) is 34.1 Å². The van der Waals surface area contributed by atoms with Crippen LogP contribution >= 0.6 is 0 Å². The highest BCUT2D eigenvalue weighted by atomic mass is 15.1. The molecule has 0 aromatic heterocycles. The van der Waals surface area contributed by atoms with E-state index in [2.05, 4.69) is 52.0 Å². The van der Waals surface area contributed by atoms with Crippen LogP contribution in [0.15, 0.2) is 0 Å². The van der Waals surface area contributed by atoms with Crippen LogP contribution in [0, 0.1) is 11.3 Å². The molecule has 1 atom stereocenters. The van der Waals surface area contributed by atoms with E-state index < -0.39 is 0 Å². The molecule has 2 nitrogen and oxygen atoms in total. The van der Waals surface area contributed by atoms with Crippen LogP contribution in [0.5, 0.6) is 0 Å². The Morgan fingerprint density at radius 1 is 1.21 bits per heavy atom. The van der Waals surface area contributed by atoms with Gasteiger partial charge in [-0.15, -0.1) is 0 Å². The fourth-order valence-corrected chi connectivity index (χ4v) is 1.15. The fraction of sp³-hybridized carbons (Fsp3) is 1.00. The van der Waals surface area contributed by atoms with E-state index in [-0.39, 0.29) is 0 Å². The van der Waals surface area contributed by atoms with E-state index >= 15 is 0 Å². The smallest absolute Gasteiger partial charge is 0.00127 e. The molecule has 0 aliphatic carbocycles. The number of hydrogen-bond acceptors (Lipinski definition) is 2. The first-order valence-electron chi connectivity index (χ1n) is 5.69. The molecule has 0 aromatic carbocycles. The van der Waals surface area contributed by atoms with Gasteiger partial charge in [-0.25, -0.2) is 0 Å². The highest BCUT2D eigenvalue weighted by Gasteiger charge is 2.18. The standard InChI is InChI=1S/C12H28N2/c1-11(12(2,3)4)10-13-8-7-9-14(5)6/h11,13H,7-10H2,1-6H3. The first-order valence-corrected chi connectivity index (χ1v) is 5.69. The third-order valence-corrected chi connectivity index (χ3v) is 2.89. The molecule has 0 aliphatic heterocycles. The molecule has 0 radical (unpaired) electrons. The maximum atomic E-state index is 3.52. The van der Waals surface area contributed by atoms with Crippen molar-refractivity contribution >= 4 is 0 Å². The Balaban J connectivity index is 3.37. The summed E-state index contributed by atoms with van der Waals surface area (Å²) in [7, 11) is 4.25. The van der Waals surface area contributed by atoms with Gasteiger partial charge in [-0.05, 0) is 51.5 Å². The molecule has 0 rings (SSSR count). The summed E-state index contributed by atoms with van der Waals surface area (Å²) in [5, 5.41) is 3.52. The summed E-state index contributed by atoms with van der Waals surface area (Å²) < 4.78 is 0. The quantitative estimate of drug-likeness (QED) is 0.661. The van der Waals surface area contributed by atoms with E-state index in [9.17, 15) is 0 Å². The number of hydrogen-bond donors (Lipinski definition) is 1. The molecule has 0 saturated heterocycles. The van der Waals surface area contributed by atoms with E-state index in [1.54, 1.807) is 0 Å². The van der Waals surface area contributed by atoms with Gasteiger partial charge in [-0.3, -0.25) is 0 Å². The predicted octanol–water partition coefficient (Wildman–Crippen LogP) is 2.21. The van der Waals surface area contributed by atoms with Gasteiger partial charge in [0.15, 0.2) is 0 Å². The minimum absolute atomic E-state index is 0.425. The molecule has 14 heavy (non-hydrogen) atoms. The zero-order valence-electron chi connectivity index (χ0n) is 10.9. The van der Waals surface area contributed by atoms with Crippen LogP contribution in [0.2, 0.25) is 0 Å². The molecular formula is C12H28N2. The maximum Gasteiger partial charge on any atom is -0.00127 e. The Bertz CT molecular complexity index is 136. The van der Waals surface area contributed by atoms with Crippen molar-refractivity contribution in [1.82, 2.24) is 10.2 Å². The minimum Gasteiger partial charge on any atom is -0.316 e. The Morgan fingerprint density at radius 3 is 2.21 bits per heavy atom. The van der Waals surface area contributed by atoms with Gasteiger partial charge in [0.25, 0.3) is 0 Å². The van der Waals surface area contributed by atoms with Crippen molar-refractivity contribution < 1.29 is 0 Å². The zero-order valence-corrected chi connectivity index (χ0v) is 10.9. The summed E-state index contributed by atoms with van der Waals surface area (Å²) in [6, 6.07) is 0. The Hall–Kier alpha value is -0.0800. The van der Waals surface area contributed by atoms with Crippen molar-refractivity contribution in [3.8, 4) is 0 Å². The van der Waals surface area contributed by atoms with Gasteiger partial charge >= 0.3 is 0 Å². The van der Waals surface area contributed by atoms with Gasteiger partial charge in [0.05, 0.1) is 0 Å². The van der Waals surface area contributed by atoms with E-state index in [0.717, 1.165) is 19.0 Å². The second-order valence-electron chi connectivity index (χ2n) is 5.63. The summed E-state index contributed by atoms with van der Waals surface area (Å²) in [5.74, 6) is 0.738. The van der Waals surface area contributed by atoms with Crippen LogP contribution in [-0.4, -0.2) is 38.6 Å². The van der Waals surface area contributed by atoms with Crippen LogP contribution in [0.4, 0.5) is 0 Å². The molecule has 0 bridgehead atoms. The third-order valence-electron chi connectivity index (χ3n) is 2.89. The Labute approximate surface area is 90.1 Å². The predicted molar refractivity (Wildman–Crippen MR) is 64.7 cm³/mol. The van der Waals surface area contributed by atoms with E-state index in [0.29, 0.717) is 5.41 Å². The summed E-state index contributed by atoms with van der Waals surface area (Å²) in [6.07, 6.45) is 1.24. The first-order chi connectivity index (χ1) is 6.34. The van der Waals surface area contributed by atoms with Crippen molar-refractivity contribution in [3.05, 3.63) is 0 Å². The first kappa shape index (κ1) is 13.9. The van der Waals surface area contributed by atoms with Crippen molar-refractivity contribution in [2.45, 2.75) is 34.1 Å². The minimum atomic E-state index is 0.425. The molecule has 0 fully saturated rings. The summed E-state index contributed by atoms with van der Waals surface area (Å²) >= 11 is 0. The van der Waals surface area contributed by atoms with Crippen LogP contribution in [0.25, 0.3) is 0 Å². The van der Waals surface area contributed by atoms with E-state index in [4.69, 9.17) is 0 Å². The summed E-state index contributed by atoms with van der Waals surface area (Å²) in [4.78, 5) is 2.23. The monoisotopic (exact) mass is 200 g/mol. The lowest BCUT2D eigenvalue weighted by atomic mass is 9.82. The lowest BCUT2D eigenvalue weighted by molar-refractivity contribution is 0.252. The molecular weight excluding hydrogens is 172 g/mol. The van der Waals surface area contributed by atoms with Gasteiger partial charge in [0.1, 0.15) is 0 Å².